The van der Waals surface area contributed by atoms with Crippen LogP contribution in [0.5, 0.6) is 0 Å². The molecule has 27 heavy (non-hydrogen) atoms. The van der Waals surface area contributed by atoms with Gasteiger partial charge in [-0.1, -0.05) is 18.2 Å². The lowest BCUT2D eigenvalue weighted by atomic mass is 9.86. The van der Waals surface area contributed by atoms with Gasteiger partial charge in [-0.2, -0.15) is 0 Å². The number of nitrogens with zero attached hydrogens (tertiary/aromatic N) is 3. The molecule has 0 aliphatic carbocycles. The molecule has 0 saturated carbocycles. The van der Waals surface area contributed by atoms with Crippen LogP contribution in [0.1, 0.15) is 49.7 Å². The average molecular weight is 379 g/mol. The van der Waals surface area contributed by atoms with Crippen LogP contribution in [0.4, 0.5) is 5.69 Å². The molecule has 3 heterocycles. The van der Waals surface area contributed by atoms with Crippen LogP contribution >= 0.6 is 12.2 Å². The van der Waals surface area contributed by atoms with Crippen LogP contribution < -0.4 is 10.2 Å². The predicted molar refractivity (Wildman–Crippen MR) is 116 cm³/mol. The lowest BCUT2D eigenvalue weighted by Gasteiger charge is -2.41. The first-order valence-corrected chi connectivity index (χ1v) is 9.72. The van der Waals surface area contributed by atoms with E-state index in [2.05, 4.69) is 85.3 Å². The summed E-state index contributed by atoms with van der Waals surface area (Å²) in [6, 6.07) is 13.0. The fourth-order valence-corrected chi connectivity index (χ4v) is 4.48. The zero-order chi connectivity index (χ0) is 19.3. The van der Waals surface area contributed by atoms with Gasteiger partial charge in [-0.15, -0.1) is 0 Å². The Kier molecular flexibility index (Phi) is 4.22. The molecule has 0 amide bonds. The summed E-state index contributed by atoms with van der Waals surface area (Å²) in [4.78, 5) is 9.06. The zero-order valence-electron chi connectivity index (χ0n) is 16.5. The second-order valence-electron chi connectivity index (χ2n) is 8.05. The van der Waals surface area contributed by atoms with Crippen molar-refractivity contribution in [3.63, 3.8) is 0 Å². The summed E-state index contributed by atoms with van der Waals surface area (Å²) in [7, 11) is 4.22. The third-order valence-electron chi connectivity index (χ3n) is 5.92. The molecule has 2 aliphatic heterocycles. The first-order chi connectivity index (χ1) is 12.8. The van der Waals surface area contributed by atoms with Crippen molar-refractivity contribution >= 4 is 28.6 Å². The fraction of sp³-hybridized carbons (Fsp3) is 0.364. The van der Waals surface area contributed by atoms with Crippen molar-refractivity contribution in [1.82, 2.24) is 15.2 Å². The largest absolute Gasteiger partial charge is 0.366 e. The smallest absolute Gasteiger partial charge is 0.169 e. The normalized spacial score (nSPS) is 23.7. The SMILES string of the molecule is CC1=CC(C)(C)N(C)c2ccc([C@@H]3[C@@H](c4ccccn4)NC(=S)N3C)cc21. The number of pyridine rings is 1. The molecule has 2 atom stereocenters. The molecule has 2 aromatic rings. The molecule has 1 aromatic carbocycles. The molecule has 0 radical (unpaired) electrons. The number of anilines is 1. The first kappa shape index (κ1) is 18.0. The predicted octanol–water partition coefficient (Wildman–Crippen LogP) is 4.32. The van der Waals surface area contributed by atoms with Gasteiger partial charge in [0.2, 0.25) is 0 Å². The van der Waals surface area contributed by atoms with Gasteiger partial charge < -0.3 is 15.1 Å². The number of benzene rings is 1. The summed E-state index contributed by atoms with van der Waals surface area (Å²) in [6.45, 7) is 6.70. The monoisotopic (exact) mass is 378 g/mol. The number of hydrogen-bond donors (Lipinski definition) is 1. The highest BCUT2D eigenvalue weighted by Gasteiger charge is 2.38. The molecule has 0 spiro atoms. The lowest BCUT2D eigenvalue weighted by Crippen LogP contribution is -2.42. The van der Waals surface area contributed by atoms with Crippen molar-refractivity contribution in [3.05, 3.63) is 65.5 Å². The molecule has 1 saturated heterocycles. The van der Waals surface area contributed by atoms with Crippen LogP contribution in [-0.4, -0.2) is 34.6 Å². The lowest BCUT2D eigenvalue weighted by molar-refractivity contribution is 0.368. The third kappa shape index (κ3) is 2.90. The molecule has 4 rings (SSSR count). The standard InChI is InChI=1S/C22H26N4S/c1-14-13-22(2,3)26(5)18-10-9-15(12-16(14)18)20-19(24-21(27)25(20)4)17-8-6-7-11-23-17/h6-13,19-20H,1-5H3,(H,24,27)/t19-,20-/m1/s1. The molecule has 0 bridgehead atoms. The Morgan fingerprint density at radius 2 is 1.93 bits per heavy atom. The summed E-state index contributed by atoms with van der Waals surface area (Å²) in [5, 5.41) is 4.21. The van der Waals surface area contributed by atoms with Crippen LogP contribution in [0.25, 0.3) is 5.57 Å². The number of nitrogens with one attached hydrogen (secondary N) is 1. The van der Waals surface area contributed by atoms with E-state index in [0.29, 0.717) is 0 Å². The second kappa shape index (κ2) is 6.34. The van der Waals surface area contributed by atoms with Gasteiger partial charge >= 0.3 is 0 Å². The molecule has 1 aromatic heterocycles. The Balaban J connectivity index is 1.79. The van der Waals surface area contributed by atoms with Gasteiger partial charge in [-0.25, -0.2) is 0 Å². The number of allylic oxidation sites excluding steroid dienone is 1. The first-order valence-electron chi connectivity index (χ1n) is 9.31. The molecule has 0 unspecified atom stereocenters. The van der Waals surface area contributed by atoms with Gasteiger partial charge in [0, 0.05) is 31.5 Å². The van der Waals surface area contributed by atoms with Gasteiger partial charge in [-0.05, 0) is 68.4 Å². The van der Waals surface area contributed by atoms with E-state index in [1.54, 1.807) is 0 Å². The molecule has 5 heteroatoms. The number of thiocarbonyl (C=S) groups is 1. The van der Waals surface area contributed by atoms with E-state index in [1.165, 1.54) is 22.4 Å². The highest BCUT2D eigenvalue weighted by Crippen LogP contribution is 2.42. The van der Waals surface area contributed by atoms with Gasteiger partial charge in [0.05, 0.1) is 23.3 Å². The number of likely N-dealkylation sites (N-methyl/N-ethyl adjacent to an activating group) is 2. The van der Waals surface area contributed by atoms with Gasteiger partial charge in [0.25, 0.3) is 0 Å². The summed E-state index contributed by atoms with van der Waals surface area (Å²) in [5.74, 6) is 0. The molecular weight excluding hydrogens is 352 g/mol. The minimum atomic E-state index is 0.0162. The minimum Gasteiger partial charge on any atom is -0.366 e. The average Bonchev–Trinajstić information content (AvgIpc) is 2.95. The van der Waals surface area contributed by atoms with E-state index < -0.39 is 0 Å². The fourth-order valence-electron chi connectivity index (χ4n) is 4.24. The summed E-state index contributed by atoms with van der Waals surface area (Å²) < 4.78 is 0. The number of aromatic nitrogens is 1. The van der Waals surface area contributed by atoms with E-state index in [1.807, 2.05) is 18.3 Å². The molecule has 1 N–H and O–H groups in total. The Morgan fingerprint density at radius 3 is 2.63 bits per heavy atom. The Hall–Kier alpha value is -2.40. The quantitative estimate of drug-likeness (QED) is 0.787. The van der Waals surface area contributed by atoms with Crippen LogP contribution in [0.3, 0.4) is 0 Å². The van der Waals surface area contributed by atoms with Crippen LogP contribution in [0, 0.1) is 0 Å². The highest BCUT2D eigenvalue weighted by molar-refractivity contribution is 7.80. The van der Waals surface area contributed by atoms with Crippen LogP contribution in [0.2, 0.25) is 0 Å². The topological polar surface area (TPSA) is 31.4 Å². The van der Waals surface area contributed by atoms with Gasteiger partial charge in [-0.3, -0.25) is 4.98 Å². The van der Waals surface area contributed by atoms with E-state index in [-0.39, 0.29) is 17.6 Å². The Labute approximate surface area is 166 Å². The van der Waals surface area contributed by atoms with Crippen molar-refractivity contribution in [3.8, 4) is 0 Å². The van der Waals surface area contributed by atoms with E-state index in [4.69, 9.17) is 12.2 Å². The Bertz CT molecular complexity index is 919. The summed E-state index contributed by atoms with van der Waals surface area (Å²) in [6.07, 6.45) is 4.18. The van der Waals surface area contributed by atoms with Crippen molar-refractivity contribution < 1.29 is 0 Å². The van der Waals surface area contributed by atoms with Crippen LogP contribution in [-0.2, 0) is 0 Å². The minimum absolute atomic E-state index is 0.0162. The third-order valence-corrected chi connectivity index (χ3v) is 6.33. The molecule has 2 aliphatic rings. The highest BCUT2D eigenvalue weighted by atomic mass is 32.1. The van der Waals surface area contributed by atoms with Gasteiger partial charge in [0.1, 0.15) is 0 Å². The van der Waals surface area contributed by atoms with Gasteiger partial charge in [0.15, 0.2) is 5.11 Å². The van der Waals surface area contributed by atoms with Crippen molar-refractivity contribution in [2.75, 3.05) is 19.0 Å². The van der Waals surface area contributed by atoms with E-state index in [9.17, 15) is 0 Å². The maximum Gasteiger partial charge on any atom is 0.169 e. The zero-order valence-corrected chi connectivity index (χ0v) is 17.3. The second-order valence-corrected chi connectivity index (χ2v) is 8.44. The van der Waals surface area contributed by atoms with E-state index >= 15 is 0 Å². The Morgan fingerprint density at radius 1 is 1.15 bits per heavy atom. The number of hydrogen-bond acceptors (Lipinski definition) is 3. The maximum absolute atomic E-state index is 5.56. The number of rotatable bonds is 2. The molecular formula is C22H26N4S. The van der Waals surface area contributed by atoms with E-state index in [0.717, 1.165) is 10.8 Å². The van der Waals surface area contributed by atoms with Crippen molar-refractivity contribution in [2.45, 2.75) is 38.4 Å². The summed E-state index contributed by atoms with van der Waals surface area (Å²) >= 11 is 5.56. The maximum atomic E-state index is 5.56. The molecule has 140 valence electrons. The molecule has 4 nitrogen and oxygen atoms in total. The van der Waals surface area contributed by atoms with Crippen LogP contribution in [0.15, 0.2) is 48.7 Å². The number of fused-ring (bicyclic) bond motifs is 1. The van der Waals surface area contributed by atoms with Crippen molar-refractivity contribution in [1.29, 1.82) is 0 Å². The van der Waals surface area contributed by atoms with Crippen molar-refractivity contribution in [2.24, 2.45) is 0 Å². The molecule has 1 fully saturated rings. The summed E-state index contributed by atoms with van der Waals surface area (Å²) in [5.41, 5.74) is 6.16.